The van der Waals surface area contributed by atoms with Crippen molar-refractivity contribution < 1.29 is 22.7 Å². The lowest BCUT2D eigenvalue weighted by Crippen LogP contribution is -2.20. The highest BCUT2D eigenvalue weighted by molar-refractivity contribution is 5.72. The summed E-state index contributed by atoms with van der Waals surface area (Å²) in [5.41, 5.74) is 0.231. The summed E-state index contributed by atoms with van der Waals surface area (Å²) in [5.74, 6) is -1.16. The summed E-state index contributed by atoms with van der Waals surface area (Å²) in [5, 5.41) is 0. The Morgan fingerprint density at radius 3 is 2.48 bits per heavy atom. The molecule has 0 aliphatic heterocycles. The topological polar surface area (TPSA) is 39.4 Å². The van der Waals surface area contributed by atoms with Crippen molar-refractivity contribution in [3.8, 4) is 17.1 Å². The van der Waals surface area contributed by atoms with Gasteiger partial charge in [-0.2, -0.15) is 0 Å². The Morgan fingerprint density at radius 1 is 1.24 bits per heavy atom. The molecular formula is C16H14F2O3. The molecule has 0 amide bonds. The van der Waals surface area contributed by atoms with Crippen molar-refractivity contribution in [3.05, 3.63) is 41.7 Å². The summed E-state index contributed by atoms with van der Waals surface area (Å²) in [6.07, 6.45) is 3.77. The summed E-state index contributed by atoms with van der Waals surface area (Å²) < 4.78 is 38.4. The Labute approximate surface area is 120 Å². The van der Waals surface area contributed by atoms with Crippen LogP contribution >= 0.6 is 0 Å². The summed E-state index contributed by atoms with van der Waals surface area (Å²) in [7, 11) is 0. The van der Waals surface area contributed by atoms with Gasteiger partial charge in [-0.1, -0.05) is 6.42 Å². The maximum absolute atomic E-state index is 14.0. The first-order valence-electron chi connectivity index (χ1n) is 6.84. The molecule has 3 nitrogen and oxygen atoms in total. The molecule has 1 aliphatic rings. The highest BCUT2D eigenvalue weighted by Crippen LogP contribution is 2.32. The number of benzene rings is 1. The van der Waals surface area contributed by atoms with Crippen LogP contribution in [-0.4, -0.2) is 12.9 Å². The van der Waals surface area contributed by atoms with E-state index in [-0.39, 0.29) is 22.8 Å². The largest absolute Gasteiger partial charge is 0.487 e. The zero-order valence-electron chi connectivity index (χ0n) is 11.3. The predicted molar refractivity (Wildman–Crippen MR) is 72.3 cm³/mol. The molecule has 1 aromatic carbocycles. The Bertz CT molecular complexity index is 636. The number of carbonyl (C=O) groups excluding carboxylic acids is 1. The van der Waals surface area contributed by atoms with E-state index in [4.69, 9.17) is 9.15 Å². The van der Waals surface area contributed by atoms with E-state index in [9.17, 15) is 13.6 Å². The second-order valence-corrected chi connectivity index (χ2v) is 5.20. The van der Waals surface area contributed by atoms with E-state index in [1.807, 2.05) is 0 Å². The molecule has 1 fully saturated rings. The van der Waals surface area contributed by atoms with E-state index < -0.39 is 11.6 Å². The van der Waals surface area contributed by atoms with Crippen molar-refractivity contribution in [1.82, 2.24) is 0 Å². The summed E-state index contributed by atoms with van der Waals surface area (Å²) >= 11 is 0. The van der Waals surface area contributed by atoms with Crippen molar-refractivity contribution in [1.29, 1.82) is 0 Å². The van der Waals surface area contributed by atoms with Gasteiger partial charge >= 0.3 is 0 Å². The van der Waals surface area contributed by atoms with Crippen LogP contribution in [0.15, 0.2) is 28.7 Å². The highest BCUT2D eigenvalue weighted by atomic mass is 19.1. The van der Waals surface area contributed by atoms with Gasteiger partial charge in [0.15, 0.2) is 29.4 Å². The average molecular weight is 292 g/mol. The van der Waals surface area contributed by atoms with Gasteiger partial charge in [0.1, 0.15) is 5.76 Å². The molecule has 0 radical (unpaired) electrons. The third kappa shape index (κ3) is 2.82. The number of rotatable bonds is 5. The van der Waals surface area contributed by atoms with Crippen LogP contribution in [0, 0.1) is 17.6 Å². The second-order valence-electron chi connectivity index (χ2n) is 5.20. The average Bonchev–Trinajstić information content (AvgIpc) is 2.88. The minimum Gasteiger partial charge on any atom is -0.487 e. The first-order valence-corrected chi connectivity index (χ1v) is 6.84. The molecule has 21 heavy (non-hydrogen) atoms. The Morgan fingerprint density at radius 2 is 1.95 bits per heavy atom. The lowest BCUT2D eigenvalue weighted by Gasteiger charge is -2.25. The molecule has 0 atom stereocenters. The lowest BCUT2D eigenvalue weighted by atomic mass is 9.86. The molecule has 0 saturated heterocycles. The van der Waals surface area contributed by atoms with Crippen LogP contribution in [0.4, 0.5) is 8.78 Å². The number of carbonyl (C=O) groups is 1. The zero-order chi connectivity index (χ0) is 14.8. The van der Waals surface area contributed by atoms with Crippen molar-refractivity contribution >= 4 is 6.29 Å². The number of hydrogen-bond donors (Lipinski definition) is 0. The standard InChI is InChI=1S/C16H14F2O3/c17-13-6-11(15-5-4-12(8-19)21-15)7-14(18)16(13)20-9-10-2-1-3-10/h4-8,10H,1-3,9H2. The lowest BCUT2D eigenvalue weighted by molar-refractivity contribution is 0.110. The van der Waals surface area contributed by atoms with Crippen LogP contribution in [0.25, 0.3) is 11.3 Å². The molecule has 0 spiro atoms. The number of furan rings is 1. The highest BCUT2D eigenvalue weighted by Gasteiger charge is 2.21. The quantitative estimate of drug-likeness (QED) is 0.775. The van der Waals surface area contributed by atoms with Crippen LogP contribution in [-0.2, 0) is 0 Å². The fourth-order valence-corrected chi connectivity index (χ4v) is 2.27. The molecule has 0 bridgehead atoms. The smallest absolute Gasteiger partial charge is 0.190 e. The van der Waals surface area contributed by atoms with Gasteiger partial charge in [-0.3, -0.25) is 4.79 Å². The van der Waals surface area contributed by atoms with Gasteiger partial charge in [0.2, 0.25) is 0 Å². The summed E-state index contributed by atoms with van der Waals surface area (Å²) in [6.45, 7) is 0.337. The van der Waals surface area contributed by atoms with Crippen LogP contribution in [0.2, 0.25) is 0 Å². The molecule has 1 aliphatic carbocycles. The second kappa shape index (κ2) is 5.68. The molecule has 3 rings (SSSR count). The fraction of sp³-hybridized carbons (Fsp3) is 0.312. The van der Waals surface area contributed by atoms with Gasteiger partial charge in [-0.15, -0.1) is 0 Å². The zero-order valence-corrected chi connectivity index (χ0v) is 11.3. The molecule has 2 aromatic rings. The van der Waals surface area contributed by atoms with Gasteiger partial charge < -0.3 is 9.15 Å². The first-order chi connectivity index (χ1) is 10.2. The number of ether oxygens (including phenoxy) is 1. The van der Waals surface area contributed by atoms with Crippen molar-refractivity contribution in [2.45, 2.75) is 19.3 Å². The van der Waals surface area contributed by atoms with Gasteiger partial charge in [-0.05, 0) is 43.0 Å². The summed E-state index contributed by atoms with van der Waals surface area (Å²) in [6, 6.07) is 5.23. The molecule has 5 heteroatoms. The molecule has 1 heterocycles. The minimum atomic E-state index is -0.770. The molecule has 0 N–H and O–H groups in total. The fourth-order valence-electron chi connectivity index (χ4n) is 2.27. The predicted octanol–water partition coefficient (Wildman–Crippen LogP) is 4.22. The molecule has 0 unspecified atom stereocenters. The minimum absolute atomic E-state index is 0.108. The maximum Gasteiger partial charge on any atom is 0.190 e. The third-order valence-corrected chi connectivity index (χ3v) is 3.71. The number of hydrogen-bond acceptors (Lipinski definition) is 3. The van der Waals surface area contributed by atoms with Crippen LogP contribution in [0.1, 0.15) is 29.8 Å². The Balaban J connectivity index is 1.82. The van der Waals surface area contributed by atoms with Gasteiger partial charge in [0.05, 0.1) is 6.61 Å². The first kappa shape index (κ1) is 13.8. The molecular weight excluding hydrogens is 278 g/mol. The maximum atomic E-state index is 14.0. The molecule has 1 aromatic heterocycles. The van der Waals surface area contributed by atoms with Crippen LogP contribution in [0.5, 0.6) is 5.75 Å². The van der Waals surface area contributed by atoms with E-state index in [1.165, 1.54) is 12.1 Å². The SMILES string of the molecule is O=Cc1ccc(-c2cc(F)c(OCC3CCC3)c(F)c2)o1. The normalized spacial score (nSPS) is 14.8. The van der Waals surface area contributed by atoms with Crippen LogP contribution in [0.3, 0.4) is 0 Å². The number of halogens is 2. The number of aldehydes is 1. The van der Waals surface area contributed by atoms with Gasteiger partial charge in [-0.25, -0.2) is 8.78 Å². The van der Waals surface area contributed by atoms with Gasteiger partial charge in [0, 0.05) is 5.56 Å². The van der Waals surface area contributed by atoms with Crippen LogP contribution < -0.4 is 4.74 Å². The van der Waals surface area contributed by atoms with E-state index in [1.54, 1.807) is 0 Å². The molecule has 110 valence electrons. The van der Waals surface area contributed by atoms with E-state index in [0.717, 1.165) is 31.4 Å². The van der Waals surface area contributed by atoms with E-state index >= 15 is 0 Å². The monoisotopic (exact) mass is 292 g/mol. The van der Waals surface area contributed by atoms with Gasteiger partial charge in [0.25, 0.3) is 0 Å². The van der Waals surface area contributed by atoms with E-state index in [0.29, 0.717) is 18.8 Å². The molecule has 1 saturated carbocycles. The van der Waals surface area contributed by atoms with Crippen molar-refractivity contribution in [2.24, 2.45) is 5.92 Å². The Kier molecular flexibility index (Phi) is 3.73. The Hall–Kier alpha value is -2.17. The van der Waals surface area contributed by atoms with Crippen molar-refractivity contribution in [2.75, 3.05) is 6.61 Å². The van der Waals surface area contributed by atoms with E-state index in [2.05, 4.69) is 0 Å². The third-order valence-electron chi connectivity index (χ3n) is 3.71. The van der Waals surface area contributed by atoms with Crippen molar-refractivity contribution in [3.63, 3.8) is 0 Å². The summed E-state index contributed by atoms with van der Waals surface area (Å²) in [4.78, 5) is 10.6.